The molecular formula is C8H14N2O2S. The third kappa shape index (κ3) is 8.81. The molecule has 0 rings (SSSR count). The van der Waals surface area contributed by atoms with E-state index in [1.54, 1.807) is 13.0 Å². The van der Waals surface area contributed by atoms with E-state index >= 15 is 0 Å². The minimum absolute atomic E-state index is 0.264. The van der Waals surface area contributed by atoms with E-state index < -0.39 is 0 Å². The van der Waals surface area contributed by atoms with E-state index in [-0.39, 0.29) is 11.1 Å². The van der Waals surface area contributed by atoms with Crippen molar-refractivity contribution in [1.29, 1.82) is 0 Å². The van der Waals surface area contributed by atoms with Crippen molar-refractivity contribution in [3.63, 3.8) is 0 Å². The number of nitrogens with two attached hydrogens (primary N) is 1. The van der Waals surface area contributed by atoms with E-state index in [0.29, 0.717) is 19.6 Å². The van der Waals surface area contributed by atoms with Crippen molar-refractivity contribution >= 4 is 23.3 Å². The van der Waals surface area contributed by atoms with Gasteiger partial charge in [-0.25, -0.2) is 4.79 Å². The summed E-state index contributed by atoms with van der Waals surface area (Å²) in [7, 11) is 0. The second-order valence-corrected chi connectivity index (χ2v) is 2.75. The second kappa shape index (κ2) is 7.54. The number of thiocarbonyl (C=S) groups is 1. The lowest BCUT2D eigenvalue weighted by Crippen LogP contribution is -2.30. The number of rotatable bonds is 5. The summed E-state index contributed by atoms with van der Waals surface area (Å²) in [6, 6.07) is 0. The maximum absolute atomic E-state index is 10.8. The summed E-state index contributed by atoms with van der Waals surface area (Å²) in [6.45, 7) is 2.76. The topological polar surface area (TPSA) is 64.3 Å². The summed E-state index contributed by atoms with van der Waals surface area (Å²) in [5, 5.41) is 3.01. The highest BCUT2D eigenvalue weighted by atomic mass is 32.1. The Labute approximate surface area is 83.1 Å². The van der Waals surface area contributed by atoms with Crippen molar-refractivity contribution in [2.24, 2.45) is 5.73 Å². The zero-order valence-corrected chi connectivity index (χ0v) is 8.39. The maximum atomic E-state index is 10.8. The third-order valence-electron chi connectivity index (χ3n) is 1.17. The van der Waals surface area contributed by atoms with E-state index in [4.69, 9.17) is 10.5 Å². The van der Waals surface area contributed by atoms with Crippen molar-refractivity contribution in [1.82, 2.24) is 5.32 Å². The zero-order chi connectivity index (χ0) is 10.1. The summed E-state index contributed by atoms with van der Waals surface area (Å²) in [5.41, 5.74) is 5.18. The number of carbonyl (C=O) groups is 1. The van der Waals surface area contributed by atoms with Gasteiger partial charge in [0.1, 0.15) is 0 Å². The van der Waals surface area contributed by atoms with Gasteiger partial charge in [0.05, 0.1) is 6.61 Å². The van der Waals surface area contributed by atoms with Crippen LogP contribution in [0.5, 0.6) is 0 Å². The van der Waals surface area contributed by atoms with Crippen LogP contribution in [0.25, 0.3) is 0 Å². The summed E-state index contributed by atoms with van der Waals surface area (Å²) < 4.78 is 4.81. The molecule has 0 aromatic heterocycles. The molecule has 0 bridgehead atoms. The molecular weight excluding hydrogens is 188 g/mol. The normalized spacial score (nSPS) is 9.92. The fraction of sp³-hybridized carbons (Fsp3) is 0.500. The van der Waals surface area contributed by atoms with Gasteiger partial charge in [0.25, 0.3) is 0 Å². The van der Waals surface area contributed by atoms with Gasteiger partial charge in [-0.2, -0.15) is 0 Å². The molecule has 0 aromatic carbocycles. The summed E-state index contributed by atoms with van der Waals surface area (Å²) in [6.07, 6.45) is 3.71. The van der Waals surface area contributed by atoms with Gasteiger partial charge in [-0.15, -0.1) is 0 Å². The zero-order valence-electron chi connectivity index (χ0n) is 7.58. The Balaban J connectivity index is 3.25. The van der Waals surface area contributed by atoms with Crippen molar-refractivity contribution in [2.45, 2.75) is 13.3 Å². The predicted octanol–water partition coefficient (Wildman–Crippen LogP) is 0.329. The quantitative estimate of drug-likeness (QED) is 0.291. The molecule has 0 aliphatic heterocycles. The van der Waals surface area contributed by atoms with Crippen LogP contribution in [0.4, 0.5) is 0 Å². The lowest BCUT2D eigenvalue weighted by molar-refractivity contribution is -0.137. The molecule has 0 spiro atoms. The molecule has 0 saturated carbocycles. The van der Waals surface area contributed by atoms with Gasteiger partial charge in [-0.3, -0.25) is 0 Å². The van der Waals surface area contributed by atoms with Crippen molar-refractivity contribution in [2.75, 3.05) is 13.2 Å². The smallest absolute Gasteiger partial charge is 0.330 e. The van der Waals surface area contributed by atoms with Crippen LogP contribution in [-0.4, -0.2) is 24.2 Å². The highest BCUT2D eigenvalue weighted by molar-refractivity contribution is 7.80. The molecule has 0 heterocycles. The van der Waals surface area contributed by atoms with E-state index in [1.807, 2.05) is 0 Å². The minimum Gasteiger partial charge on any atom is -0.462 e. The molecule has 0 aliphatic rings. The molecule has 0 aliphatic carbocycles. The monoisotopic (exact) mass is 202 g/mol. The lowest BCUT2D eigenvalue weighted by Gasteiger charge is -2.03. The standard InChI is InChI=1S/C8H14N2O2S/c1-2-4-7(11)12-6-3-5-10-8(9)13/h2,4H,3,5-6H2,1H3,(H3,9,10,13). The molecule has 0 radical (unpaired) electrons. The molecule has 74 valence electrons. The van der Waals surface area contributed by atoms with Gasteiger partial charge in [0.15, 0.2) is 5.11 Å². The van der Waals surface area contributed by atoms with Gasteiger partial charge >= 0.3 is 5.97 Å². The number of esters is 1. The van der Waals surface area contributed by atoms with Crippen LogP contribution >= 0.6 is 12.2 Å². The molecule has 5 heteroatoms. The Morgan fingerprint density at radius 3 is 2.92 bits per heavy atom. The van der Waals surface area contributed by atoms with Crippen LogP contribution in [0.15, 0.2) is 12.2 Å². The van der Waals surface area contributed by atoms with Crippen molar-refractivity contribution in [3.05, 3.63) is 12.2 Å². The van der Waals surface area contributed by atoms with Crippen LogP contribution in [0.3, 0.4) is 0 Å². The maximum Gasteiger partial charge on any atom is 0.330 e. The number of nitrogens with one attached hydrogen (secondary N) is 1. The van der Waals surface area contributed by atoms with Gasteiger partial charge < -0.3 is 15.8 Å². The van der Waals surface area contributed by atoms with Gasteiger partial charge in [0, 0.05) is 12.6 Å². The summed E-state index contributed by atoms with van der Waals surface area (Å²) in [5.74, 6) is -0.321. The van der Waals surface area contributed by atoms with Crippen molar-refractivity contribution in [3.8, 4) is 0 Å². The SMILES string of the molecule is CC=CC(=O)OCCCNC(N)=S. The Hall–Kier alpha value is -1.10. The first-order valence-electron chi connectivity index (χ1n) is 3.99. The molecule has 0 atom stereocenters. The highest BCUT2D eigenvalue weighted by Gasteiger charge is 1.95. The van der Waals surface area contributed by atoms with Gasteiger partial charge in [-0.05, 0) is 25.6 Å². The molecule has 0 unspecified atom stereocenters. The average Bonchev–Trinajstić information content (AvgIpc) is 2.03. The average molecular weight is 202 g/mol. The molecule has 0 aromatic rings. The number of allylic oxidation sites excluding steroid dienone is 1. The fourth-order valence-electron chi connectivity index (χ4n) is 0.641. The van der Waals surface area contributed by atoms with Crippen LogP contribution in [0.1, 0.15) is 13.3 Å². The van der Waals surface area contributed by atoms with Crippen LogP contribution in [0.2, 0.25) is 0 Å². The van der Waals surface area contributed by atoms with Crippen LogP contribution in [0, 0.1) is 0 Å². The number of ether oxygens (including phenoxy) is 1. The van der Waals surface area contributed by atoms with Crippen LogP contribution in [-0.2, 0) is 9.53 Å². The van der Waals surface area contributed by atoms with Crippen LogP contribution < -0.4 is 11.1 Å². The van der Waals surface area contributed by atoms with Crippen molar-refractivity contribution < 1.29 is 9.53 Å². The molecule has 0 amide bonds. The lowest BCUT2D eigenvalue weighted by atomic mass is 10.4. The molecule has 13 heavy (non-hydrogen) atoms. The number of hydrogen-bond acceptors (Lipinski definition) is 3. The van der Waals surface area contributed by atoms with E-state index in [9.17, 15) is 4.79 Å². The molecule has 0 fully saturated rings. The molecule has 0 saturated heterocycles. The summed E-state index contributed by atoms with van der Waals surface area (Å²) in [4.78, 5) is 10.8. The summed E-state index contributed by atoms with van der Waals surface area (Å²) >= 11 is 4.59. The van der Waals surface area contributed by atoms with Gasteiger partial charge in [0.2, 0.25) is 0 Å². The van der Waals surface area contributed by atoms with E-state index in [0.717, 1.165) is 0 Å². The Bertz CT molecular complexity index is 204. The Morgan fingerprint density at radius 1 is 1.69 bits per heavy atom. The first kappa shape index (κ1) is 11.9. The van der Waals surface area contributed by atoms with E-state index in [1.165, 1.54) is 6.08 Å². The Morgan fingerprint density at radius 2 is 2.38 bits per heavy atom. The number of hydrogen-bond donors (Lipinski definition) is 2. The fourth-order valence-corrected chi connectivity index (χ4v) is 0.743. The Kier molecular flexibility index (Phi) is 6.91. The molecule has 4 nitrogen and oxygen atoms in total. The largest absolute Gasteiger partial charge is 0.462 e. The van der Waals surface area contributed by atoms with E-state index in [2.05, 4.69) is 17.5 Å². The highest BCUT2D eigenvalue weighted by Crippen LogP contribution is 1.84. The minimum atomic E-state index is -0.321. The molecule has 3 N–H and O–H groups in total. The third-order valence-corrected chi connectivity index (χ3v) is 1.31. The first-order valence-corrected chi connectivity index (χ1v) is 4.40. The number of carbonyl (C=O) groups excluding carboxylic acids is 1. The van der Waals surface area contributed by atoms with Gasteiger partial charge in [-0.1, -0.05) is 6.08 Å². The first-order chi connectivity index (χ1) is 6.16. The predicted molar refractivity (Wildman–Crippen MR) is 55.2 cm³/mol. The second-order valence-electron chi connectivity index (χ2n) is 2.31.